The molecule has 0 aliphatic carbocycles. The molecule has 11 heteroatoms. The highest BCUT2D eigenvalue weighted by Gasteiger charge is 2.49. The molecule has 0 saturated heterocycles. The van der Waals surface area contributed by atoms with Crippen LogP contribution in [0.15, 0.2) is 59.5 Å². The number of carbonyl (C=O) groups excluding carboxylic acids is 2. The number of carbonyl (C=O) groups is 2. The number of alkyl halides is 3. The fraction of sp³-hybridized carbons (Fsp3) is 0.308. The Kier molecular flexibility index (Phi) is 7.87. The lowest BCUT2D eigenvalue weighted by molar-refractivity contribution is -0.178. The summed E-state index contributed by atoms with van der Waals surface area (Å²) in [6.45, 7) is 6.65. The van der Waals surface area contributed by atoms with Crippen LogP contribution in [0, 0.1) is 0 Å². The molecule has 1 atom stereocenters. The van der Waals surface area contributed by atoms with Crippen molar-refractivity contribution in [2.45, 2.75) is 56.7 Å². The van der Waals surface area contributed by atoms with Crippen LogP contribution in [0.3, 0.4) is 0 Å². The highest BCUT2D eigenvalue weighted by Crippen LogP contribution is 2.41. The van der Waals surface area contributed by atoms with Crippen LogP contribution in [0.2, 0.25) is 0 Å². The maximum Gasteiger partial charge on any atom is 0.451 e. The Hall–Kier alpha value is -3.60. The molecule has 3 rings (SSSR count). The van der Waals surface area contributed by atoms with E-state index in [1.807, 2.05) is 13.8 Å². The summed E-state index contributed by atoms with van der Waals surface area (Å²) in [6.07, 6.45) is -6.29. The second kappa shape index (κ2) is 10.4. The van der Waals surface area contributed by atoms with Crippen molar-refractivity contribution in [1.29, 1.82) is 0 Å². The topological polar surface area (TPSA) is 110 Å². The smallest absolute Gasteiger partial charge is 0.451 e. The maximum absolute atomic E-state index is 13.5. The number of sulfonamides is 1. The van der Waals surface area contributed by atoms with Crippen LogP contribution in [0.1, 0.15) is 50.7 Å². The second-order valence-corrected chi connectivity index (χ2v) is 10.7. The van der Waals surface area contributed by atoms with Crippen molar-refractivity contribution in [1.82, 2.24) is 0 Å². The first-order valence-electron chi connectivity index (χ1n) is 11.3. The minimum atomic E-state index is -5.43. The summed E-state index contributed by atoms with van der Waals surface area (Å²) < 4.78 is 73.9. The van der Waals surface area contributed by atoms with Crippen molar-refractivity contribution in [3.05, 3.63) is 65.7 Å². The zero-order valence-electron chi connectivity index (χ0n) is 20.5. The molecule has 0 fully saturated rings. The lowest BCUT2D eigenvalue weighted by Gasteiger charge is -2.21. The van der Waals surface area contributed by atoms with Gasteiger partial charge in [-0.1, -0.05) is 50.2 Å². The van der Waals surface area contributed by atoms with Gasteiger partial charge in [-0.3, -0.25) is 14.3 Å². The van der Waals surface area contributed by atoms with Crippen LogP contribution in [-0.2, 0) is 24.3 Å². The van der Waals surface area contributed by atoms with Crippen molar-refractivity contribution in [2.24, 2.45) is 0 Å². The fourth-order valence-corrected chi connectivity index (χ4v) is 4.83. The molecule has 3 aromatic carbocycles. The van der Waals surface area contributed by atoms with E-state index in [0.717, 1.165) is 11.6 Å². The minimum Gasteiger partial charge on any atom is -0.507 e. The molecule has 0 aromatic heterocycles. The molecule has 0 radical (unpaired) electrons. The zero-order chi connectivity index (χ0) is 27.7. The van der Waals surface area contributed by atoms with E-state index in [1.54, 1.807) is 12.1 Å². The number of nitrogens with one attached hydrogen (secondary N) is 1. The Balaban J connectivity index is 2.21. The lowest BCUT2D eigenvalue weighted by Crippen LogP contribution is -2.35. The van der Waals surface area contributed by atoms with Crippen LogP contribution in [0.5, 0.6) is 5.75 Å². The molecule has 0 saturated carbocycles. The van der Waals surface area contributed by atoms with Gasteiger partial charge in [0.05, 0.1) is 16.7 Å². The standard InChI is InChI=1S/C26H26F3NO6S/c1-14(2)16-9-11-17(12-10-16)37(34,35)30-21-13-20(23(31)19-8-6-5-7-18(19)21)22(24(32)26(27,28)29)25(33)36-15(3)4/h5-15,22,30-31H,1-4H3/t22-/m1/s1. The van der Waals surface area contributed by atoms with Gasteiger partial charge in [0.1, 0.15) is 5.75 Å². The summed E-state index contributed by atoms with van der Waals surface area (Å²) in [6, 6.07) is 12.7. The number of benzene rings is 3. The number of anilines is 1. The highest BCUT2D eigenvalue weighted by atomic mass is 32.2. The summed E-state index contributed by atoms with van der Waals surface area (Å²) in [5.41, 5.74) is -0.0679. The third-order valence-corrected chi connectivity index (χ3v) is 6.97. The normalized spacial score (nSPS) is 13.1. The summed E-state index contributed by atoms with van der Waals surface area (Å²) in [7, 11) is -4.25. The van der Waals surface area contributed by atoms with Gasteiger partial charge in [0.15, 0.2) is 5.92 Å². The van der Waals surface area contributed by atoms with Crippen LogP contribution in [0.25, 0.3) is 10.8 Å². The van der Waals surface area contributed by atoms with Gasteiger partial charge in [0.2, 0.25) is 0 Å². The Morgan fingerprint density at radius 1 is 0.946 bits per heavy atom. The molecular formula is C26H26F3NO6S. The number of esters is 1. The average molecular weight is 538 g/mol. The van der Waals surface area contributed by atoms with Crippen LogP contribution in [0.4, 0.5) is 18.9 Å². The summed E-state index contributed by atoms with van der Waals surface area (Å²) in [5.74, 6) is -7.17. The van der Waals surface area contributed by atoms with E-state index in [0.29, 0.717) is 0 Å². The summed E-state index contributed by atoms with van der Waals surface area (Å²) >= 11 is 0. The number of phenols is 1. The largest absolute Gasteiger partial charge is 0.507 e. The predicted molar refractivity (Wildman–Crippen MR) is 132 cm³/mol. The number of Topliss-reactive ketones (excluding diaryl/α,β-unsaturated/α-hetero) is 1. The Labute approximate surface area is 212 Å². The number of hydrogen-bond acceptors (Lipinski definition) is 6. The van der Waals surface area contributed by atoms with Gasteiger partial charge in [0.25, 0.3) is 15.8 Å². The molecule has 2 N–H and O–H groups in total. The number of halogens is 3. The molecule has 198 valence electrons. The van der Waals surface area contributed by atoms with Gasteiger partial charge >= 0.3 is 12.1 Å². The van der Waals surface area contributed by atoms with Gasteiger partial charge in [-0.25, -0.2) is 8.42 Å². The van der Waals surface area contributed by atoms with Crippen LogP contribution in [-0.4, -0.2) is 37.6 Å². The van der Waals surface area contributed by atoms with E-state index in [-0.39, 0.29) is 27.3 Å². The molecule has 0 amide bonds. The molecule has 0 aliphatic heterocycles. The molecule has 0 heterocycles. The third kappa shape index (κ3) is 6.04. The van der Waals surface area contributed by atoms with Gasteiger partial charge < -0.3 is 9.84 Å². The van der Waals surface area contributed by atoms with E-state index < -0.39 is 51.3 Å². The molecule has 7 nitrogen and oxygen atoms in total. The predicted octanol–water partition coefficient (Wildman–Crippen LogP) is 5.64. The number of fused-ring (bicyclic) bond motifs is 1. The third-order valence-electron chi connectivity index (χ3n) is 5.59. The quantitative estimate of drug-likeness (QED) is 0.219. The van der Waals surface area contributed by atoms with E-state index in [4.69, 9.17) is 4.74 Å². The van der Waals surface area contributed by atoms with E-state index in [2.05, 4.69) is 4.72 Å². The Bertz CT molecular complexity index is 1430. The first-order valence-corrected chi connectivity index (χ1v) is 12.8. The summed E-state index contributed by atoms with van der Waals surface area (Å²) in [5, 5.41) is 10.9. The van der Waals surface area contributed by atoms with Crippen LogP contribution >= 0.6 is 0 Å². The maximum atomic E-state index is 13.5. The number of rotatable bonds is 8. The minimum absolute atomic E-state index is 0.0647. The number of ketones is 1. The van der Waals surface area contributed by atoms with Crippen molar-refractivity contribution in [3.63, 3.8) is 0 Å². The molecular weight excluding hydrogens is 511 g/mol. The lowest BCUT2D eigenvalue weighted by atomic mass is 9.90. The first kappa shape index (κ1) is 28.0. The number of hydrogen-bond donors (Lipinski definition) is 2. The zero-order valence-corrected chi connectivity index (χ0v) is 21.3. The van der Waals surface area contributed by atoms with Crippen molar-refractivity contribution in [3.8, 4) is 5.75 Å². The highest BCUT2D eigenvalue weighted by molar-refractivity contribution is 7.92. The molecule has 3 aromatic rings. The average Bonchev–Trinajstić information content (AvgIpc) is 2.80. The van der Waals surface area contributed by atoms with E-state index in [1.165, 1.54) is 50.2 Å². The Morgan fingerprint density at radius 3 is 2.03 bits per heavy atom. The van der Waals surface area contributed by atoms with Gasteiger partial charge in [-0.15, -0.1) is 0 Å². The fourth-order valence-electron chi connectivity index (χ4n) is 3.76. The molecule has 37 heavy (non-hydrogen) atoms. The number of ether oxygens (including phenoxy) is 1. The van der Waals surface area contributed by atoms with Crippen molar-refractivity contribution in [2.75, 3.05) is 4.72 Å². The van der Waals surface area contributed by atoms with Gasteiger partial charge in [-0.2, -0.15) is 13.2 Å². The van der Waals surface area contributed by atoms with Gasteiger partial charge in [-0.05, 0) is 43.5 Å². The number of aromatic hydroxyl groups is 1. The molecule has 0 aliphatic rings. The van der Waals surface area contributed by atoms with E-state index >= 15 is 0 Å². The molecule has 0 spiro atoms. The molecule has 0 unspecified atom stereocenters. The SMILES string of the molecule is CC(C)OC(=O)[C@@H](C(=O)C(F)(F)F)c1cc(NS(=O)(=O)c2ccc(C(C)C)cc2)c2ccccc2c1O. The Morgan fingerprint density at radius 2 is 1.51 bits per heavy atom. The van der Waals surface area contributed by atoms with Crippen molar-refractivity contribution < 1.29 is 41.0 Å². The van der Waals surface area contributed by atoms with E-state index in [9.17, 15) is 36.3 Å². The van der Waals surface area contributed by atoms with Crippen LogP contribution < -0.4 is 4.72 Å². The molecule has 0 bridgehead atoms. The number of phenolic OH excluding ortho intramolecular Hbond substituents is 1. The monoisotopic (exact) mass is 537 g/mol. The van der Waals surface area contributed by atoms with Gasteiger partial charge in [0, 0.05) is 16.3 Å². The van der Waals surface area contributed by atoms with Crippen molar-refractivity contribution >= 4 is 38.2 Å². The summed E-state index contributed by atoms with van der Waals surface area (Å²) in [4.78, 5) is 24.8. The second-order valence-electron chi connectivity index (χ2n) is 9.02. The first-order chi connectivity index (χ1) is 17.1.